The third-order valence-electron chi connectivity index (χ3n) is 4.17. The van der Waals surface area contributed by atoms with Crippen molar-refractivity contribution in [3.05, 3.63) is 29.3 Å². The summed E-state index contributed by atoms with van der Waals surface area (Å²) in [4.78, 5) is 10.7. The van der Waals surface area contributed by atoms with Crippen LogP contribution in [0.4, 0.5) is 5.69 Å². The van der Waals surface area contributed by atoms with Crippen LogP contribution < -0.4 is 11.5 Å². The third-order valence-corrected chi connectivity index (χ3v) is 4.40. The molecule has 5 nitrogen and oxygen atoms in total. The van der Waals surface area contributed by atoms with Crippen molar-refractivity contribution in [2.75, 3.05) is 13.1 Å². The third kappa shape index (κ3) is 11.8. The minimum absolute atomic E-state index is 0. The predicted molar refractivity (Wildman–Crippen MR) is 121 cm³/mol. The lowest BCUT2D eigenvalue weighted by atomic mass is 10.2. The maximum absolute atomic E-state index is 6.22. The molecule has 4 N–H and O–H groups in total. The van der Waals surface area contributed by atoms with Gasteiger partial charge in [-0.05, 0) is 31.0 Å². The second-order valence-corrected chi connectivity index (χ2v) is 6.96. The Morgan fingerprint density at radius 2 is 1.56 bits per heavy atom. The van der Waals surface area contributed by atoms with Gasteiger partial charge >= 0.3 is 0 Å². The molecule has 0 aromatic heterocycles. The van der Waals surface area contributed by atoms with Gasteiger partial charge < -0.3 is 16.4 Å². The highest BCUT2D eigenvalue weighted by Gasteiger charge is 2.08. The summed E-state index contributed by atoms with van der Waals surface area (Å²) in [6.07, 6.45) is 9.59. The van der Waals surface area contributed by atoms with Gasteiger partial charge in [-0.25, -0.2) is 4.99 Å². The van der Waals surface area contributed by atoms with Crippen molar-refractivity contribution in [2.24, 2.45) is 21.5 Å². The summed E-state index contributed by atoms with van der Waals surface area (Å²) in [6, 6.07) is 7.20. The van der Waals surface area contributed by atoms with Crippen molar-refractivity contribution >= 4 is 41.6 Å². The van der Waals surface area contributed by atoms with E-state index in [2.05, 4.69) is 28.7 Å². The molecule has 0 unspecified atom stereocenters. The highest BCUT2D eigenvalue weighted by molar-refractivity contribution is 6.30. The van der Waals surface area contributed by atoms with Gasteiger partial charge in [0.2, 0.25) is 5.96 Å². The molecule has 1 rings (SSSR count). The van der Waals surface area contributed by atoms with Crippen molar-refractivity contribution in [2.45, 2.75) is 65.2 Å². The first-order chi connectivity index (χ1) is 12.6. The smallest absolute Gasteiger partial charge is 0.223 e. The van der Waals surface area contributed by atoms with E-state index in [1.165, 1.54) is 38.5 Å². The quantitative estimate of drug-likeness (QED) is 0.285. The summed E-state index contributed by atoms with van der Waals surface area (Å²) >= 11 is 5.97. The van der Waals surface area contributed by atoms with Gasteiger partial charge in [-0.15, -0.1) is 12.4 Å². The predicted octanol–water partition coefficient (Wildman–Crippen LogP) is 5.49. The van der Waals surface area contributed by atoms with Crippen LogP contribution in [0.1, 0.15) is 65.2 Å². The van der Waals surface area contributed by atoms with E-state index in [1.54, 1.807) is 12.1 Å². The molecule has 0 saturated carbocycles. The maximum Gasteiger partial charge on any atom is 0.223 e. The second-order valence-electron chi connectivity index (χ2n) is 6.53. The first-order valence-corrected chi connectivity index (χ1v) is 10.1. The maximum atomic E-state index is 6.22. The molecule has 154 valence electrons. The highest BCUT2D eigenvalue weighted by Crippen LogP contribution is 2.17. The molecule has 0 heterocycles. The summed E-state index contributed by atoms with van der Waals surface area (Å²) in [5.41, 5.74) is 12.9. The molecule has 1 aromatic rings. The summed E-state index contributed by atoms with van der Waals surface area (Å²) in [5, 5.41) is 0.615. The van der Waals surface area contributed by atoms with E-state index in [0.717, 1.165) is 25.9 Å². The molecule has 0 radical (unpaired) electrons. The van der Waals surface area contributed by atoms with Gasteiger partial charge in [0, 0.05) is 18.1 Å². The van der Waals surface area contributed by atoms with Crippen molar-refractivity contribution in [1.82, 2.24) is 4.90 Å². The molecular weight excluding hydrogens is 381 g/mol. The Morgan fingerprint density at radius 1 is 0.963 bits per heavy atom. The molecule has 0 aliphatic carbocycles. The SMILES string of the molecule is CCCCCCN(CCCCCC)C(N)=NC(N)=Nc1cccc(Cl)c1.Cl. The molecule has 0 fully saturated rings. The molecule has 0 aliphatic rings. The Labute approximate surface area is 175 Å². The van der Waals surface area contributed by atoms with Crippen LogP contribution in [-0.2, 0) is 0 Å². The fraction of sp³-hybridized carbons (Fsp3) is 0.600. The average molecular weight is 416 g/mol. The van der Waals surface area contributed by atoms with Gasteiger partial charge in [0.1, 0.15) is 0 Å². The number of halogens is 2. The summed E-state index contributed by atoms with van der Waals surface area (Å²) in [5.74, 6) is 0.596. The Bertz CT molecular complexity index is 563. The molecule has 1 aromatic carbocycles. The number of hydrogen-bond acceptors (Lipinski definition) is 1. The van der Waals surface area contributed by atoms with Gasteiger partial charge in [-0.2, -0.15) is 4.99 Å². The van der Waals surface area contributed by atoms with E-state index in [9.17, 15) is 0 Å². The van der Waals surface area contributed by atoms with Gasteiger partial charge in [0.25, 0.3) is 0 Å². The van der Waals surface area contributed by atoms with Crippen LogP contribution in [0, 0.1) is 0 Å². The second kappa shape index (κ2) is 15.6. The van der Waals surface area contributed by atoms with Crippen LogP contribution in [-0.4, -0.2) is 29.9 Å². The van der Waals surface area contributed by atoms with E-state index in [4.69, 9.17) is 23.1 Å². The fourth-order valence-electron chi connectivity index (χ4n) is 2.69. The van der Waals surface area contributed by atoms with Crippen LogP contribution in [0.5, 0.6) is 0 Å². The van der Waals surface area contributed by atoms with E-state index < -0.39 is 0 Å². The molecule has 0 aliphatic heterocycles. The zero-order valence-corrected chi connectivity index (χ0v) is 18.2. The van der Waals surface area contributed by atoms with Gasteiger partial charge in [-0.1, -0.05) is 70.0 Å². The zero-order chi connectivity index (χ0) is 19.2. The number of nitrogens with zero attached hydrogens (tertiary/aromatic N) is 3. The summed E-state index contributed by atoms with van der Waals surface area (Å²) in [6.45, 7) is 6.24. The molecule has 0 saturated heterocycles. The molecule has 0 atom stereocenters. The number of guanidine groups is 2. The molecule has 7 heteroatoms. The number of hydrogen-bond donors (Lipinski definition) is 2. The summed E-state index contributed by atoms with van der Waals surface area (Å²) in [7, 11) is 0. The lowest BCUT2D eigenvalue weighted by Crippen LogP contribution is -2.40. The minimum Gasteiger partial charge on any atom is -0.369 e. The monoisotopic (exact) mass is 415 g/mol. The Kier molecular flexibility index (Phi) is 14.7. The Morgan fingerprint density at radius 3 is 2.07 bits per heavy atom. The lowest BCUT2D eigenvalue weighted by Gasteiger charge is -2.23. The van der Waals surface area contributed by atoms with Crippen molar-refractivity contribution in [3.8, 4) is 0 Å². The molecule has 0 amide bonds. The summed E-state index contributed by atoms with van der Waals surface area (Å²) < 4.78 is 0. The minimum atomic E-state index is 0. The first-order valence-electron chi connectivity index (χ1n) is 9.75. The molecular formula is C20H35Cl2N5. The Balaban J connectivity index is 0.00000676. The topological polar surface area (TPSA) is 80.0 Å². The standard InChI is InChI=1S/C20H34ClN5.ClH/c1-3-5-7-9-14-26(15-10-8-6-4-2)20(23)25-19(22)24-18-13-11-12-17(21)16-18;/h11-13,16H,3-10,14-15H2,1-2H3,(H4,22,23,24,25);1H. The highest BCUT2D eigenvalue weighted by atomic mass is 35.5. The lowest BCUT2D eigenvalue weighted by molar-refractivity contribution is 0.383. The van der Waals surface area contributed by atoms with E-state index in [-0.39, 0.29) is 18.4 Å². The number of rotatable bonds is 11. The van der Waals surface area contributed by atoms with E-state index >= 15 is 0 Å². The van der Waals surface area contributed by atoms with Gasteiger partial charge in [-0.3, -0.25) is 0 Å². The first kappa shape index (κ1) is 25.5. The largest absolute Gasteiger partial charge is 0.369 e. The number of aliphatic imine (C=N–C) groups is 2. The molecule has 0 bridgehead atoms. The van der Waals surface area contributed by atoms with E-state index in [0.29, 0.717) is 16.7 Å². The van der Waals surface area contributed by atoms with Crippen molar-refractivity contribution in [1.29, 1.82) is 0 Å². The Hall–Kier alpha value is -1.46. The van der Waals surface area contributed by atoms with Crippen LogP contribution in [0.3, 0.4) is 0 Å². The van der Waals surface area contributed by atoms with Gasteiger partial charge in [0.15, 0.2) is 5.96 Å². The van der Waals surface area contributed by atoms with Crippen LogP contribution in [0.15, 0.2) is 34.3 Å². The number of nitrogens with two attached hydrogens (primary N) is 2. The van der Waals surface area contributed by atoms with Gasteiger partial charge in [0.05, 0.1) is 5.69 Å². The normalized spacial score (nSPS) is 12.0. The van der Waals surface area contributed by atoms with Crippen molar-refractivity contribution in [3.63, 3.8) is 0 Å². The van der Waals surface area contributed by atoms with E-state index in [1.807, 2.05) is 12.1 Å². The zero-order valence-electron chi connectivity index (χ0n) is 16.7. The number of benzene rings is 1. The average Bonchev–Trinajstić information content (AvgIpc) is 2.60. The van der Waals surface area contributed by atoms with Crippen molar-refractivity contribution < 1.29 is 0 Å². The van der Waals surface area contributed by atoms with Crippen LogP contribution in [0.25, 0.3) is 0 Å². The molecule has 27 heavy (non-hydrogen) atoms. The molecule has 0 spiro atoms. The number of unbranched alkanes of at least 4 members (excludes halogenated alkanes) is 6. The van der Waals surface area contributed by atoms with Crippen LogP contribution in [0.2, 0.25) is 5.02 Å². The fourth-order valence-corrected chi connectivity index (χ4v) is 2.88. The van der Waals surface area contributed by atoms with Crippen LogP contribution >= 0.6 is 24.0 Å².